The number of aromatic nitrogens is 1. The Morgan fingerprint density at radius 2 is 1.96 bits per heavy atom. The first-order valence-corrected chi connectivity index (χ1v) is 10.1. The van der Waals surface area contributed by atoms with E-state index in [9.17, 15) is 9.59 Å². The summed E-state index contributed by atoms with van der Waals surface area (Å²) in [6.07, 6.45) is 1.48. The Morgan fingerprint density at radius 3 is 2.56 bits per heavy atom. The lowest BCUT2D eigenvalue weighted by Crippen LogP contribution is -2.36. The van der Waals surface area contributed by atoms with Crippen LogP contribution in [-0.4, -0.2) is 52.0 Å². The van der Waals surface area contributed by atoms with Gasteiger partial charge in [0.15, 0.2) is 0 Å². The largest absolute Gasteiger partial charge is 0.465 e. The molecule has 0 radical (unpaired) electrons. The topological polar surface area (TPSA) is 73.7 Å². The highest BCUT2D eigenvalue weighted by atomic mass is 32.1. The van der Waals surface area contributed by atoms with Gasteiger partial charge in [0.25, 0.3) is 5.91 Å². The molecule has 0 unspecified atom stereocenters. The van der Waals surface area contributed by atoms with Crippen LogP contribution in [0.4, 0.5) is 4.79 Å². The summed E-state index contributed by atoms with van der Waals surface area (Å²) in [6, 6.07) is 10.0. The van der Waals surface area contributed by atoms with E-state index in [1.54, 1.807) is 4.90 Å². The minimum Gasteiger partial charge on any atom is -0.465 e. The predicted molar refractivity (Wildman–Crippen MR) is 105 cm³/mol. The molecule has 7 heteroatoms. The Morgan fingerprint density at radius 1 is 1.30 bits per heavy atom. The molecule has 1 aliphatic rings. The average Bonchev–Trinajstić information content (AvgIpc) is 3.19. The second-order valence-corrected chi connectivity index (χ2v) is 7.76. The Labute approximate surface area is 163 Å². The zero-order valence-electron chi connectivity index (χ0n) is 15.7. The molecule has 2 heterocycles. The molecule has 1 N–H and O–H groups in total. The molecule has 144 valence electrons. The fourth-order valence-corrected chi connectivity index (χ4v) is 4.59. The van der Waals surface area contributed by atoms with Crippen LogP contribution in [0.2, 0.25) is 0 Å². The van der Waals surface area contributed by atoms with Crippen molar-refractivity contribution in [3.8, 4) is 0 Å². The summed E-state index contributed by atoms with van der Waals surface area (Å²) >= 11 is 1.50. The molecule has 0 spiro atoms. The van der Waals surface area contributed by atoms with Crippen molar-refractivity contribution in [2.75, 3.05) is 20.1 Å². The summed E-state index contributed by atoms with van der Waals surface area (Å²) in [7, 11) is 1.83. The molecule has 0 saturated carbocycles. The summed E-state index contributed by atoms with van der Waals surface area (Å²) in [5.74, 6) is 0.157. The van der Waals surface area contributed by atoms with E-state index < -0.39 is 6.09 Å². The number of thiazole rings is 1. The van der Waals surface area contributed by atoms with Crippen LogP contribution in [0.25, 0.3) is 0 Å². The van der Waals surface area contributed by atoms with Gasteiger partial charge in [0.2, 0.25) is 0 Å². The smallest absolute Gasteiger partial charge is 0.407 e. The Kier molecular flexibility index (Phi) is 6.11. The molecule has 0 bridgehead atoms. The van der Waals surface area contributed by atoms with Crippen molar-refractivity contribution in [3.63, 3.8) is 0 Å². The van der Waals surface area contributed by atoms with Gasteiger partial charge in [-0.25, -0.2) is 9.78 Å². The first-order valence-electron chi connectivity index (χ1n) is 9.26. The number of piperidine rings is 1. The number of carbonyl (C=O) groups excluding carboxylic acids is 1. The highest BCUT2D eigenvalue weighted by Crippen LogP contribution is 2.31. The number of hydrogen-bond donors (Lipinski definition) is 1. The number of carbonyl (C=O) groups is 2. The number of hydrogen-bond acceptors (Lipinski definition) is 4. The van der Waals surface area contributed by atoms with Gasteiger partial charge in [-0.3, -0.25) is 4.79 Å². The average molecular weight is 388 g/mol. The van der Waals surface area contributed by atoms with Crippen molar-refractivity contribution >= 4 is 23.3 Å². The third-order valence-electron chi connectivity index (χ3n) is 5.21. The number of likely N-dealkylation sites (tertiary alicyclic amines) is 1. The van der Waals surface area contributed by atoms with E-state index >= 15 is 0 Å². The van der Waals surface area contributed by atoms with Gasteiger partial charge in [-0.2, -0.15) is 0 Å². The van der Waals surface area contributed by atoms with Crippen LogP contribution in [0.15, 0.2) is 35.7 Å². The molecule has 1 aromatic heterocycles. The molecule has 6 nitrogen and oxygen atoms in total. The number of rotatable bonds is 5. The zero-order chi connectivity index (χ0) is 19.4. The van der Waals surface area contributed by atoms with Gasteiger partial charge >= 0.3 is 6.09 Å². The summed E-state index contributed by atoms with van der Waals surface area (Å²) in [4.78, 5) is 31.8. The SMILES string of the molecule is CC[C@H](c1ccccc1)N(C)C(=O)c1csc(C2CCN(C(=O)O)CC2)n1. The van der Waals surface area contributed by atoms with Gasteiger partial charge < -0.3 is 14.9 Å². The minimum atomic E-state index is -0.864. The molecule has 0 aliphatic carbocycles. The van der Waals surface area contributed by atoms with Crippen molar-refractivity contribution in [3.05, 3.63) is 52.0 Å². The van der Waals surface area contributed by atoms with Crippen molar-refractivity contribution in [2.24, 2.45) is 0 Å². The van der Waals surface area contributed by atoms with E-state index in [0.717, 1.165) is 29.8 Å². The minimum absolute atomic E-state index is 0.0163. The molecular formula is C20H25N3O3S. The third-order valence-corrected chi connectivity index (χ3v) is 6.22. The lowest BCUT2D eigenvalue weighted by atomic mass is 9.98. The summed E-state index contributed by atoms with van der Waals surface area (Å²) in [5, 5.41) is 11.8. The normalized spacial score (nSPS) is 16.1. The molecule has 2 aromatic rings. The lowest BCUT2D eigenvalue weighted by Gasteiger charge is -2.29. The van der Waals surface area contributed by atoms with Crippen LogP contribution in [0.1, 0.15) is 59.2 Å². The first kappa shape index (κ1) is 19.4. The summed E-state index contributed by atoms with van der Waals surface area (Å²) < 4.78 is 0. The fraction of sp³-hybridized carbons (Fsp3) is 0.450. The zero-order valence-corrected chi connectivity index (χ0v) is 16.5. The highest BCUT2D eigenvalue weighted by molar-refractivity contribution is 7.09. The van der Waals surface area contributed by atoms with Crippen LogP contribution in [-0.2, 0) is 0 Å². The van der Waals surface area contributed by atoms with Gasteiger partial charge in [0.05, 0.1) is 11.0 Å². The van der Waals surface area contributed by atoms with Gasteiger partial charge in [0, 0.05) is 31.4 Å². The van der Waals surface area contributed by atoms with Gasteiger partial charge in [-0.05, 0) is 24.8 Å². The van der Waals surface area contributed by atoms with E-state index in [2.05, 4.69) is 11.9 Å². The van der Waals surface area contributed by atoms with Crippen molar-refractivity contribution in [1.82, 2.24) is 14.8 Å². The van der Waals surface area contributed by atoms with Crippen molar-refractivity contribution < 1.29 is 14.7 Å². The van der Waals surface area contributed by atoms with Crippen LogP contribution in [0.5, 0.6) is 0 Å². The molecular weight excluding hydrogens is 362 g/mol. The molecule has 27 heavy (non-hydrogen) atoms. The van der Waals surface area contributed by atoms with Crippen LogP contribution >= 0.6 is 11.3 Å². The van der Waals surface area contributed by atoms with E-state index in [1.165, 1.54) is 16.2 Å². The second-order valence-electron chi connectivity index (χ2n) is 6.87. The van der Waals surface area contributed by atoms with E-state index in [0.29, 0.717) is 18.8 Å². The van der Waals surface area contributed by atoms with Crippen LogP contribution < -0.4 is 0 Å². The number of carboxylic acid groups (broad SMARTS) is 1. The maximum Gasteiger partial charge on any atom is 0.407 e. The molecule has 1 saturated heterocycles. The third kappa shape index (κ3) is 4.30. The Hall–Kier alpha value is -2.41. The number of benzene rings is 1. The molecule has 2 amide bonds. The number of amides is 2. The van der Waals surface area contributed by atoms with E-state index in [4.69, 9.17) is 5.11 Å². The monoisotopic (exact) mass is 387 g/mol. The first-order chi connectivity index (χ1) is 13.0. The highest BCUT2D eigenvalue weighted by Gasteiger charge is 2.28. The Bertz CT molecular complexity index is 785. The summed E-state index contributed by atoms with van der Waals surface area (Å²) in [5.41, 5.74) is 1.60. The molecule has 1 atom stereocenters. The fourth-order valence-electron chi connectivity index (χ4n) is 3.62. The maximum atomic E-state index is 12.9. The van der Waals surface area contributed by atoms with Crippen LogP contribution in [0.3, 0.4) is 0 Å². The lowest BCUT2D eigenvalue weighted by molar-refractivity contribution is 0.0720. The van der Waals surface area contributed by atoms with Crippen LogP contribution in [0, 0.1) is 0 Å². The molecule has 1 aliphatic heterocycles. The van der Waals surface area contributed by atoms with Gasteiger partial charge in [-0.15, -0.1) is 11.3 Å². The second kappa shape index (κ2) is 8.52. The molecule has 1 fully saturated rings. The Balaban J connectivity index is 1.68. The van der Waals surface area contributed by atoms with E-state index in [1.807, 2.05) is 42.8 Å². The maximum absolute atomic E-state index is 12.9. The van der Waals surface area contributed by atoms with Gasteiger partial charge in [-0.1, -0.05) is 37.3 Å². The quantitative estimate of drug-likeness (QED) is 0.833. The molecule has 3 rings (SSSR count). The summed E-state index contributed by atoms with van der Waals surface area (Å²) in [6.45, 7) is 3.12. The molecule has 1 aromatic carbocycles. The van der Waals surface area contributed by atoms with Crippen molar-refractivity contribution in [2.45, 2.75) is 38.1 Å². The van der Waals surface area contributed by atoms with Crippen molar-refractivity contribution in [1.29, 1.82) is 0 Å². The van der Waals surface area contributed by atoms with Gasteiger partial charge in [0.1, 0.15) is 5.69 Å². The number of nitrogens with zero attached hydrogens (tertiary/aromatic N) is 3. The standard InChI is InChI=1S/C20H25N3O3S/c1-3-17(14-7-5-4-6-8-14)22(2)19(24)16-13-27-18(21-16)15-9-11-23(12-10-15)20(25)26/h4-8,13,15,17H,3,9-12H2,1-2H3,(H,25,26)/t17-/m1/s1. The van der Waals surface area contributed by atoms with E-state index in [-0.39, 0.29) is 17.9 Å². The predicted octanol–water partition coefficient (Wildman–Crippen LogP) is 4.22.